The van der Waals surface area contributed by atoms with Crippen LogP contribution >= 0.6 is 22.7 Å². The third kappa shape index (κ3) is 2.82. The number of hydrogen-bond acceptors (Lipinski definition) is 5. The summed E-state index contributed by atoms with van der Waals surface area (Å²) >= 11 is 2.85. The lowest BCUT2D eigenvalue weighted by molar-refractivity contribution is 0.285. The van der Waals surface area contributed by atoms with Crippen LogP contribution in [0, 0.1) is 0 Å². The highest BCUT2D eigenvalue weighted by atomic mass is 32.2. The Bertz CT molecular complexity index is 672. The molecule has 0 unspecified atom stereocenters. The minimum atomic E-state index is -3.46. The Morgan fingerprint density at radius 2 is 2.10 bits per heavy atom. The summed E-state index contributed by atoms with van der Waals surface area (Å²) in [6.45, 7) is 0.323. The first kappa shape index (κ1) is 14.2. The van der Waals surface area contributed by atoms with Gasteiger partial charge in [0.15, 0.2) is 0 Å². The lowest BCUT2D eigenvalue weighted by Crippen LogP contribution is -2.32. The SMILES string of the molecule is O=S(=O)(c1csc(CO)c1)N(Cc1cccs1)C1CC1. The number of nitrogens with zero attached hydrogens (tertiary/aromatic N) is 1. The lowest BCUT2D eigenvalue weighted by atomic mass is 10.4. The highest BCUT2D eigenvalue weighted by Gasteiger charge is 2.38. The zero-order valence-electron chi connectivity index (χ0n) is 10.7. The molecule has 0 radical (unpaired) electrons. The number of aliphatic hydroxyl groups is 1. The molecule has 0 aromatic carbocycles. The van der Waals surface area contributed by atoms with E-state index in [1.165, 1.54) is 11.3 Å². The molecule has 1 N–H and O–H groups in total. The van der Waals surface area contributed by atoms with Crippen LogP contribution in [0.1, 0.15) is 22.6 Å². The van der Waals surface area contributed by atoms with Crippen molar-refractivity contribution < 1.29 is 13.5 Å². The Hall–Kier alpha value is -0.730. The average Bonchev–Trinajstić information content (AvgIpc) is 2.96. The molecule has 1 aliphatic carbocycles. The maximum atomic E-state index is 12.7. The zero-order valence-corrected chi connectivity index (χ0v) is 13.2. The Morgan fingerprint density at radius 1 is 1.30 bits per heavy atom. The second kappa shape index (κ2) is 5.57. The maximum absolute atomic E-state index is 12.7. The quantitative estimate of drug-likeness (QED) is 0.886. The van der Waals surface area contributed by atoms with Gasteiger partial charge < -0.3 is 5.11 Å². The predicted molar refractivity (Wildman–Crippen MR) is 80.3 cm³/mol. The molecular formula is C13H15NO3S3. The summed E-state index contributed by atoms with van der Waals surface area (Å²) in [4.78, 5) is 2.03. The van der Waals surface area contributed by atoms with Crippen LogP contribution in [0.25, 0.3) is 0 Å². The Kier molecular flexibility index (Phi) is 3.96. The number of rotatable bonds is 6. The van der Waals surface area contributed by atoms with Crippen LogP contribution in [0.3, 0.4) is 0 Å². The second-order valence-electron chi connectivity index (χ2n) is 4.77. The van der Waals surface area contributed by atoms with E-state index in [1.54, 1.807) is 27.1 Å². The van der Waals surface area contributed by atoms with E-state index in [2.05, 4.69) is 0 Å². The number of thiophene rings is 2. The van der Waals surface area contributed by atoms with Crippen LogP contribution < -0.4 is 0 Å². The van der Waals surface area contributed by atoms with Crippen molar-refractivity contribution in [3.63, 3.8) is 0 Å². The molecule has 3 rings (SSSR count). The fourth-order valence-electron chi connectivity index (χ4n) is 2.04. The zero-order chi connectivity index (χ0) is 14.2. The van der Waals surface area contributed by atoms with Gasteiger partial charge in [-0.2, -0.15) is 4.31 Å². The van der Waals surface area contributed by atoms with E-state index in [1.807, 2.05) is 17.5 Å². The topological polar surface area (TPSA) is 57.6 Å². The molecule has 2 heterocycles. The van der Waals surface area contributed by atoms with E-state index in [0.29, 0.717) is 16.3 Å². The number of hydrogen-bond donors (Lipinski definition) is 1. The summed E-state index contributed by atoms with van der Waals surface area (Å²) in [7, 11) is -3.46. The average molecular weight is 329 g/mol. The maximum Gasteiger partial charge on any atom is 0.244 e. The summed E-state index contributed by atoms with van der Waals surface area (Å²) in [6, 6.07) is 5.60. The highest BCUT2D eigenvalue weighted by Crippen LogP contribution is 2.35. The molecule has 1 saturated carbocycles. The van der Waals surface area contributed by atoms with Crippen LogP contribution in [0.2, 0.25) is 0 Å². The number of sulfonamides is 1. The van der Waals surface area contributed by atoms with E-state index < -0.39 is 10.0 Å². The van der Waals surface area contributed by atoms with Gasteiger partial charge in [-0.3, -0.25) is 0 Å². The molecule has 0 saturated heterocycles. The molecule has 108 valence electrons. The lowest BCUT2D eigenvalue weighted by Gasteiger charge is -2.20. The fourth-order valence-corrected chi connectivity index (χ4v) is 5.61. The molecule has 0 atom stereocenters. The van der Waals surface area contributed by atoms with E-state index >= 15 is 0 Å². The summed E-state index contributed by atoms with van der Waals surface area (Å²) in [5, 5.41) is 12.7. The first-order valence-electron chi connectivity index (χ1n) is 6.34. The molecule has 2 aromatic heterocycles. The third-order valence-electron chi connectivity index (χ3n) is 3.24. The van der Waals surface area contributed by atoms with Gasteiger partial charge in [-0.05, 0) is 30.4 Å². The van der Waals surface area contributed by atoms with Crippen LogP contribution in [0.5, 0.6) is 0 Å². The van der Waals surface area contributed by atoms with Crippen LogP contribution in [0.4, 0.5) is 0 Å². The van der Waals surface area contributed by atoms with Gasteiger partial charge in [0, 0.05) is 27.7 Å². The van der Waals surface area contributed by atoms with Crippen molar-refractivity contribution in [3.8, 4) is 0 Å². The van der Waals surface area contributed by atoms with Gasteiger partial charge in [0.25, 0.3) is 0 Å². The predicted octanol–water partition coefficient (Wildman–Crippen LogP) is 2.66. The van der Waals surface area contributed by atoms with Crippen molar-refractivity contribution in [3.05, 3.63) is 38.7 Å². The van der Waals surface area contributed by atoms with Crippen molar-refractivity contribution in [2.75, 3.05) is 0 Å². The van der Waals surface area contributed by atoms with E-state index in [4.69, 9.17) is 5.11 Å². The van der Waals surface area contributed by atoms with Gasteiger partial charge >= 0.3 is 0 Å². The van der Waals surface area contributed by atoms with Gasteiger partial charge in [0.05, 0.1) is 11.5 Å². The minimum absolute atomic E-state index is 0.117. The van der Waals surface area contributed by atoms with Crippen molar-refractivity contribution in [2.24, 2.45) is 0 Å². The summed E-state index contributed by atoms with van der Waals surface area (Å²) in [5.41, 5.74) is 0. The van der Waals surface area contributed by atoms with Crippen molar-refractivity contribution in [1.82, 2.24) is 4.31 Å². The molecule has 4 nitrogen and oxygen atoms in total. The van der Waals surface area contributed by atoms with Gasteiger partial charge in [-0.1, -0.05) is 6.07 Å². The first-order chi connectivity index (χ1) is 9.61. The first-order valence-corrected chi connectivity index (χ1v) is 9.53. The van der Waals surface area contributed by atoms with Gasteiger partial charge in [0.2, 0.25) is 10.0 Å². The second-order valence-corrected chi connectivity index (χ2v) is 8.69. The van der Waals surface area contributed by atoms with Gasteiger partial charge in [0.1, 0.15) is 0 Å². The molecule has 20 heavy (non-hydrogen) atoms. The Balaban J connectivity index is 1.89. The summed E-state index contributed by atoms with van der Waals surface area (Å²) in [6.07, 6.45) is 1.86. The number of aliphatic hydroxyl groups excluding tert-OH is 1. The normalized spacial score (nSPS) is 15.9. The van der Waals surface area contributed by atoms with Crippen molar-refractivity contribution in [2.45, 2.75) is 36.9 Å². The van der Waals surface area contributed by atoms with Crippen LogP contribution in [0.15, 0.2) is 33.9 Å². The van der Waals surface area contributed by atoms with Crippen molar-refractivity contribution in [1.29, 1.82) is 0 Å². The molecule has 1 fully saturated rings. The fraction of sp³-hybridized carbons (Fsp3) is 0.385. The Labute approximate surface area is 126 Å². The molecule has 2 aromatic rings. The molecule has 1 aliphatic rings. The molecule has 7 heteroatoms. The van der Waals surface area contributed by atoms with E-state index in [9.17, 15) is 8.42 Å². The monoisotopic (exact) mass is 329 g/mol. The van der Waals surface area contributed by atoms with Gasteiger partial charge in [-0.15, -0.1) is 22.7 Å². The summed E-state index contributed by atoms with van der Waals surface area (Å²) < 4.78 is 27.0. The molecule has 0 amide bonds. The molecule has 0 bridgehead atoms. The smallest absolute Gasteiger partial charge is 0.244 e. The Morgan fingerprint density at radius 3 is 2.65 bits per heavy atom. The molecular weight excluding hydrogens is 314 g/mol. The molecule has 0 spiro atoms. The van der Waals surface area contributed by atoms with Crippen LogP contribution in [-0.2, 0) is 23.2 Å². The largest absolute Gasteiger partial charge is 0.391 e. The summed E-state index contributed by atoms with van der Waals surface area (Å²) in [5.74, 6) is 0. The minimum Gasteiger partial charge on any atom is -0.391 e. The van der Waals surface area contributed by atoms with E-state index in [-0.39, 0.29) is 12.6 Å². The highest BCUT2D eigenvalue weighted by molar-refractivity contribution is 7.89. The standard InChI is InChI=1S/C13H15NO3S3/c15-8-12-6-13(9-19-12)20(16,17)14(10-3-4-10)7-11-2-1-5-18-11/h1-2,5-6,9-10,15H,3-4,7-8H2. The van der Waals surface area contributed by atoms with Crippen molar-refractivity contribution >= 4 is 32.7 Å². The van der Waals surface area contributed by atoms with E-state index in [0.717, 1.165) is 17.7 Å². The third-order valence-corrected chi connectivity index (χ3v) is 7.05. The van der Waals surface area contributed by atoms with Gasteiger partial charge in [-0.25, -0.2) is 8.42 Å². The van der Waals surface area contributed by atoms with Crippen LogP contribution in [-0.4, -0.2) is 23.9 Å². The molecule has 0 aliphatic heterocycles.